The van der Waals surface area contributed by atoms with E-state index in [2.05, 4.69) is 17.1 Å². The fourth-order valence-electron chi connectivity index (χ4n) is 4.30. The molecule has 0 radical (unpaired) electrons. The smallest absolute Gasteiger partial charge is 0.173 e. The monoisotopic (exact) mass is 364 g/mol. The van der Waals surface area contributed by atoms with Gasteiger partial charge in [-0.1, -0.05) is 50.1 Å². The Hall–Kier alpha value is -0.800. The van der Waals surface area contributed by atoms with Crippen LogP contribution in [0.2, 0.25) is 5.02 Å². The number of aryl methyl sites for hydroxylation is 1. The summed E-state index contributed by atoms with van der Waals surface area (Å²) in [7, 11) is 0. The molecule has 1 N–H and O–H groups in total. The molecule has 0 bridgehead atoms. The summed E-state index contributed by atoms with van der Waals surface area (Å²) in [5, 5.41) is 5.22. The van der Waals surface area contributed by atoms with E-state index in [1.165, 1.54) is 64.2 Å². The topological polar surface area (TPSA) is 15.3 Å². The number of benzene rings is 1. The SMILES string of the molecule is Cc1cc(Cl)ccc1NC(=S)N(C1CCCCC1)C1CCCCC1. The fraction of sp³-hybridized carbons (Fsp3) is 0.650. The molecule has 132 valence electrons. The molecule has 4 heteroatoms. The fourth-order valence-corrected chi connectivity index (χ4v) is 4.93. The maximum Gasteiger partial charge on any atom is 0.173 e. The number of nitrogens with one attached hydrogen (secondary N) is 1. The number of anilines is 1. The van der Waals surface area contributed by atoms with E-state index in [0.717, 1.165) is 21.4 Å². The minimum absolute atomic E-state index is 0.620. The molecule has 2 saturated carbocycles. The molecule has 2 fully saturated rings. The van der Waals surface area contributed by atoms with Crippen molar-refractivity contribution in [3.8, 4) is 0 Å². The highest BCUT2D eigenvalue weighted by atomic mass is 35.5. The third-order valence-electron chi connectivity index (χ3n) is 5.60. The highest BCUT2D eigenvalue weighted by Gasteiger charge is 2.30. The van der Waals surface area contributed by atoms with Crippen molar-refractivity contribution < 1.29 is 0 Å². The lowest BCUT2D eigenvalue weighted by Crippen LogP contribution is -2.50. The standard InChI is InChI=1S/C20H29ClN2S/c1-15-14-16(21)12-13-19(15)22-20(24)23(17-8-4-2-5-9-17)18-10-6-3-7-11-18/h12-14,17-18H,2-11H2,1H3,(H,22,24). The lowest BCUT2D eigenvalue weighted by atomic mass is 9.89. The van der Waals surface area contributed by atoms with Gasteiger partial charge in [-0.2, -0.15) is 0 Å². The molecular weight excluding hydrogens is 336 g/mol. The van der Waals surface area contributed by atoms with Crippen LogP contribution < -0.4 is 5.32 Å². The van der Waals surface area contributed by atoms with Crippen LogP contribution in [0.3, 0.4) is 0 Å². The summed E-state index contributed by atoms with van der Waals surface area (Å²) >= 11 is 12.0. The summed E-state index contributed by atoms with van der Waals surface area (Å²) in [5.41, 5.74) is 2.23. The van der Waals surface area contributed by atoms with Crippen molar-refractivity contribution in [2.24, 2.45) is 0 Å². The second kappa shape index (κ2) is 8.53. The molecule has 0 saturated heterocycles. The van der Waals surface area contributed by atoms with Gasteiger partial charge in [-0.25, -0.2) is 0 Å². The van der Waals surface area contributed by atoms with Crippen molar-refractivity contribution in [3.63, 3.8) is 0 Å². The number of hydrogen-bond donors (Lipinski definition) is 1. The minimum Gasteiger partial charge on any atom is -0.343 e. The summed E-state index contributed by atoms with van der Waals surface area (Å²) in [5.74, 6) is 0. The number of halogens is 1. The first-order chi connectivity index (χ1) is 11.6. The predicted molar refractivity (Wildman–Crippen MR) is 108 cm³/mol. The van der Waals surface area contributed by atoms with E-state index >= 15 is 0 Å². The molecule has 0 aliphatic heterocycles. The van der Waals surface area contributed by atoms with Gasteiger partial charge in [0.15, 0.2) is 5.11 Å². The van der Waals surface area contributed by atoms with E-state index in [0.29, 0.717) is 12.1 Å². The van der Waals surface area contributed by atoms with Crippen LogP contribution in [-0.4, -0.2) is 22.1 Å². The molecule has 0 aromatic heterocycles. The first kappa shape index (κ1) is 18.0. The van der Waals surface area contributed by atoms with Crippen LogP contribution in [0.4, 0.5) is 5.69 Å². The largest absolute Gasteiger partial charge is 0.343 e. The second-order valence-electron chi connectivity index (χ2n) is 7.38. The van der Waals surface area contributed by atoms with Gasteiger partial charge in [-0.15, -0.1) is 0 Å². The Kier molecular flexibility index (Phi) is 6.40. The van der Waals surface area contributed by atoms with E-state index in [1.54, 1.807) is 0 Å². The number of thiocarbonyl (C=S) groups is 1. The molecule has 0 unspecified atom stereocenters. The first-order valence-electron chi connectivity index (χ1n) is 9.50. The Labute approximate surface area is 157 Å². The van der Waals surface area contributed by atoms with Crippen molar-refractivity contribution in [3.05, 3.63) is 28.8 Å². The maximum absolute atomic E-state index is 6.09. The average Bonchev–Trinajstić information content (AvgIpc) is 2.60. The van der Waals surface area contributed by atoms with Gasteiger partial charge >= 0.3 is 0 Å². The lowest BCUT2D eigenvalue weighted by Gasteiger charge is -2.43. The van der Waals surface area contributed by atoms with Crippen molar-refractivity contribution in [2.45, 2.75) is 83.2 Å². The normalized spacial score (nSPS) is 19.9. The van der Waals surface area contributed by atoms with Crippen LogP contribution >= 0.6 is 23.8 Å². The van der Waals surface area contributed by atoms with Gasteiger partial charge in [-0.3, -0.25) is 0 Å². The van der Waals surface area contributed by atoms with Gasteiger partial charge in [0, 0.05) is 22.8 Å². The molecule has 0 spiro atoms. The molecule has 0 heterocycles. The zero-order valence-electron chi connectivity index (χ0n) is 14.7. The molecule has 0 atom stereocenters. The molecule has 1 aromatic rings. The molecule has 24 heavy (non-hydrogen) atoms. The highest BCUT2D eigenvalue weighted by Crippen LogP contribution is 2.31. The van der Waals surface area contributed by atoms with Crippen LogP contribution in [0.25, 0.3) is 0 Å². The highest BCUT2D eigenvalue weighted by molar-refractivity contribution is 7.80. The van der Waals surface area contributed by atoms with Crippen molar-refractivity contribution in [1.82, 2.24) is 4.90 Å². The Bertz CT molecular complexity index is 545. The Balaban J connectivity index is 1.76. The third-order valence-corrected chi connectivity index (χ3v) is 6.15. The minimum atomic E-state index is 0.620. The number of nitrogens with zero attached hydrogens (tertiary/aromatic N) is 1. The molecule has 3 rings (SSSR count). The predicted octanol–water partition coefficient (Wildman–Crippen LogP) is 6.31. The van der Waals surface area contributed by atoms with Crippen LogP contribution in [-0.2, 0) is 0 Å². The van der Waals surface area contributed by atoms with Crippen LogP contribution in [0.1, 0.15) is 69.8 Å². The van der Waals surface area contributed by atoms with Gasteiger partial charge < -0.3 is 10.2 Å². The van der Waals surface area contributed by atoms with E-state index in [1.807, 2.05) is 18.2 Å². The third kappa shape index (κ3) is 4.43. The van der Waals surface area contributed by atoms with Crippen molar-refractivity contribution >= 4 is 34.6 Å². The summed E-state index contributed by atoms with van der Waals surface area (Å²) < 4.78 is 0. The van der Waals surface area contributed by atoms with Gasteiger partial charge in [0.05, 0.1) is 0 Å². The Morgan fingerprint density at radius 3 is 2.04 bits per heavy atom. The van der Waals surface area contributed by atoms with Gasteiger partial charge in [0.25, 0.3) is 0 Å². The second-order valence-corrected chi connectivity index (χ2v) is 8.20. The molecular formula is C20H29ClN2S. The molecule has 0 amide bonds. The van der Waals surface area contributed by atoms with Crippen LogP contribution in [0, 0.1) is 6.92 Å². The molecule has 1 aromatic carbocycles. The lowest BCUT2D eigenvalue weighted by molar-refractivity contribution is 0.160. The van der Waals surface area contributed by atoms with Crippen molar-refractivity contribution in [1.29, 1.82) is 0 Å². The first-order valence-corrected chi connectivity index (χ1v) is 10.3. The summed E-state index contributed by atoms with van der Waals surface area (Å²) in [6.45, 7) is 2.09. The van der Waals surface area contributed by atoms with Gasteiger partial charge in [0.2, 0.25) is 0 Å². The number of rotatable bonds is 3. The summed E-state index contributed by atoms with van der Waals surface area (Å²) in [6.07, 6.45) is 13.3. The van der Waals surface area contributed by atoms with Crippen LogP contribution in [0.5, 0.6) is 0 Å². The van der Waals surface area contributed by atoms with E-state index in [9.17, 15) is 0 Å². The molecule has 2 aliphatic carbocycles. The molecule has 2 nitrogen and oxygen atoms in total. The average molecular weight is 365 g/mol. The zero-order chi connectivity index (χ0) is 16.9. The quantitative estimate of drug-likeness (QED) is 0.632. The summed E-state index contributed by atoms with van der Waals surface area (Å²) in [6, 6.07) is 7.22. The van der Waals surface area contributed by atoms with Gasteiger partial charge in [0.1, 0.15) is 0 Å². The van der Waals surface area contributed by atoms with E-state index < -0.39 is 0 Å². The van der Waals surface area contributed by atoms with Crippen molar-refractivity contribution in [2.75, 3.05) is 5.32 Å². The van der Waals surface area contributed by atoms with E-state index in [4.69, 9.17) is 23.8 Å². The maximum atomic E-state index is 6.09. The zero-order valence-corrected chi connectivity index (χ0v) is 16.3. The number of hydrogen-bond acceptors (Lipinski definition) is 1. The Morgan fingerprint density at radius 2 is 1.54 bits per heavy atom. The molecule has 2 aliphatic rings. The summed E-state index contributed by atoms with van der Waals surface area (Å²) in [4.78, 5) is 2.57. The van der Waals surface area contributed by atoms with E-state index in [-0.39, 0.29) is 0 Å². The Morgan fingerprint density at radius 1 is 1.00 bits per heavy atom. The van der Waals surface area contributed by atoms with Gasteiger partial charge in [-0.05, 0) is 68.6 Å². The van der Waals surface area contributed by atoms with Crippen LogP contribution in [0.15, 0.2) is 18.2 Å².